The van der Waals surface area contributed by atoms with Crippen LogP contribution in [0.4, 0.5) is 0 Å². The van der Waals surface area contributed by atoms with E-state index in [4.69, 9.17) is 0 Å². The molecule has 1 amide bonds. The average molecular weight is 179 g/mol. The van der Waals surface area contributed by atoms with Gasteiger partial charge in [-0.25, -0.2) is 0 Å². The monoisotopic (exact) mass is 179 g/mol. The lowest BCUT2D eigenvalue weighted by molar-refractivity contribution is -0.119. The van der Waals surface area contributed by atoms with E-state index < -0.39 is 0 Å². The summed E-state index contributed by atoms with van der Waals surface area (Å²) in [5, 5.41) is 7.00. The predicted octanol–water partition coefficient (Wildman–Crippen LogP) is 0.328. The van der Waals surface area contributed by atoms with Crippen molar-refractivity contribution in [2.75, 3.05) is 6.54 Å². The van der Waals surface area contributed by atoms with Crippen LogP contribution >= 0.6 is 0 Å². The van der Waals surface area contributed by atoms with E-state index in [2.05, 4.69) is 10.4 Å². The van der Waals surface area contributed by atoms with Crippen LogP contribution in [0.15, 0.2) is 12.4 Å². The third kappa shape index (κ3) is 1.88. The molecule has 1 unspecified atom stereocenters. The van der Waals surface area contributed by atoms with E-state index in [1.54, 1.807) is 0 Å². The zero-order chi connectivity index (χ0) is 9.26. The molecule has 1 aromatic heterocycles. The maximum atomic E-state index is 10.9. The molecule has 0 aromatic carbocycles. The molecule has 4 heteroatoms. The summed E-state index contributed by atoms with van der Waals surface area (Å²) >= 11 is 0. The van der Waals surface area contributed by atoms with E-state index in [1.807, 2.05) is 24.0 Å². The van der Waals surface area contributed by atoms with Crippen LogP contribution < -0.4 is 5.32 Å². The normalized spacial score (nSPS) is 21.9. The fraction of sp³-hybridized carbons (Fsp3) is 0.556. The van der Waals surface area contributed by atoms with Gasteiger partial charge in [-0.05, 0) is 12.5 Å². The molecule has 0 spiro atoms. The molecular weight excluding hydrogens is 166 g/mol. The van der Waals surface area contributed by atoms with E-state index in [-0.39, 0.29) is 5.91 Å². The predicted molar refractivity (Wildman–Crippen MR) is 48.1 cm³/mol. The molecule has 1 aliphatic heterocycles. The molecular formula is C9H13N3O. The van der Waals surface area contributed by atoms with Crippen LogP contribution in [0.5, 0.6) is 0 Å². The molecule has 1 N–H and O–H groups in total. The number of aryl methyl sites for hydroxylation is 1. The number of nitrogens with one attached hydrogen (secondary N) is 1. The Labute approximate surface area is 76.9 Å². The number of carbonyl (C=O) groups excluding carboxylic acids is 1. The lowest BCUT2D eigenvalue weighted by atomic mass is 10.1. The Morgan fingerprint density at radius 3 is 3.15 bits per heavy atom. The second-order valence-corrected chi connectivity index (χ2v) is 3.61. The number of carbonyl (C=O) groups is 1. The van der Waals surface area contributed by atoms with Gasteiger partial charge in [0.25, 0.3) is 0 Å². The van der Waals surface area contributed by atoms with Gasteiger partial charge in [0, 0.05) is 31.6 Å². The van der Waals surface area contributed by atoms with E-state index in [1.165, 1.54) is 0 Å². The van der Waals surface area contributed by atoms with Crippen molar-refractivity contribution in [3.63, 3.8) is 0 Å². The number of hydrogen-bond donors (Lipinski definition) is 1. The molecule has 70 valence electrons. The van der Waals surface area contributed by atoms with Gasteiger partial charge in [0.1, 0.15) is 0 Å². The molecule has 0 bridgehead atoms. The quantitative estimate of drug-likeness (QED) is 0.711. The summed E-state index contributed by atoms with van der Waals surface area (Å²) in [7, 11) is 0. The first-order valence-corrected chi connectivity index (χ1v) is 4.50. The maximum absolute atomic E-state index is 10.9. The van der Waals surface area contributed by atoms with Crippen molar-refractivity contribution in [2.45, 2.75) is 19.9 Å². The topological polar surface area (TPSA) is 46.9 Å². The highest BCUT2D eigenvalue weighted by atomic mass is 16.1. The summed E-state index contributed by atoms with van der Waals surface area (Å²) in [6, 6.07) is 0. The Morgan fingerprint density at radius 2 is 2.62 bits per heavy atom. The van der Waals surface area contributed by atoms with Crippen LogP contribution in [0.1, 0.15) is 12.0 Å². The van der Waals surface area contributed by atoms with Crippen molar-refractivity contribution in [2.24, 2.45) is 5.92 Å². The Balaban J connectivity index is 1.95. The third-order valence-corrected chi connectivity index (χ3v) is 2.27. The standard InChI is InChI=1S/C9H13N3O/c1-7-3-11-12(5-7)6-8-2-9(13)10-4-8/h3,5,8H,2,4,6H2,1H3,(H,10,13). The van der Waals surface area contributed by atoms with Gasteiger partial charge in [-0.3, -0.25) is 9.48 Å². The molecule has 2 heterocycles. The Kier molecular flexibility index (Phi) is 2.04. The highest BCUT2D eigenvalue weighted by Gasteiger charge is 2.21. The first-order valence-electron chi connectivity index (χ1n) is 4.50. The van der Waals surface area contributed by atoms with Crippen molar-refractivity contribution in [1.82, 2.24) is 15.1 Å². The van der Waals surface area contributed by atoms with Gasteiger partial charge >= 0.3 is 0 Å². The molecule has 0 saturated carbocycles. The highest BCUT2D eigenvalue weighted by Crippen LogP contribution is 2.11. The summed E-state index contributed by atoms with van der Waals surface area (Å²) in [4.78, 5) is 10.9. The van der Waals surface area contributed by atoms with E-state index in [0.717, 1.165) is 18.7 Å². The maximum Gasteiger partial charge on any atom is 0.220 e. The van der Waals surface area contributed by atoms with Gasteiger partial charge in [-0.2, -0.15) is 5.10 Å². The second-order valence-electron chi connectivity index (χ2n) is 3.61. The third-order valence-electron chi connectivity index (χ3n) is 2.27. The summed E-state index contributed by atoms with van der Waals surface area (Å²) in [6.45, 7) is 3.64. The van der Waals surface area contributed by atoms with Crippen molar-refractivity contribution in [3.05, 3.63) is 18.0 Å². The van der Waals surface area contributed by atoms with Gasteiger partial charge in [-0.15, -0.1) is 0 Å². The summed E-state index contributed by atoms with van der Waals surface area (Å²) < 4.78 is 1.90. The van der Waals surface area contributed by atoms with Gasteiger partial charge in [0.2, 0.25) is 5.91 Å². The molecule has 1 aliphatic rings. The largest absolute Gasteiger partial charge is 0.356 e. The van der Waals surface area contributed by atoms with Crippen LogP contribution in [0.2, 0.25) is 0 Å². The number of rotatable bonds is 2. The van der Waals surface area contributed by atoms with Gasteiger partial charge in [0.15, 0.2) is 0 Å². The second kappa shape index (κ2) is 3.20. The highest BCUT2D eigenvalue weighted by molar-refractivity contribution is 5.78. The molecule has 4 nitrogen and oxygen atoms in total. The fourth-order valence-electron chi connectivity index (χ4n) is 1.63. The Bertz CT molecular complexity index is 318. The first-order chi connectivity index (χ1) is 6.24. The minimum Gasteiger partial charge on any atom is -0.356 e. The SMILES string of the molecule is Cc1cnn(CC2CNC(=O)C2)c1. The zero-order valence-corrected chi connectivity index (χ0v) is 7.66. The van der Waals surface area contributed by atoms with Crippen LogP contribution in [0, 0.1) is 12.8 Å². The molecule has 1 saturated heterocycles. The fourth-order valence-corrected chi connectivity index (χ4v) is 1.63. The minimum atomic E-state index is 0.161. The Hall–Kier alpha value is -1.32. The molecule has 1 fully saturated rings. The van der Waals surface area contributed by atoms with Crippen molar-refractivity contribution in [1.29, 1.82) is 0 Å². The molecule has 2 rings (SSSR count). The van der Waals surface area contributed by atoms with Crippen molar-refractivity contribution >= 4 is 5.91 Å². The van der Waals surface area contributed by atoms with E-state index in [0.29, 0.717) is 12.3 Å². The number of amides is 1. The number of nitrogens with zero attached hydrogens (tertiary/aromatic N) is 2. The van der Waals surface area contributed by atoms with Crippen LogP contribution in [0.25, 0.3) is 0 Å². The lowest BCUT2D eigenvalue weighted by Gasteiger charge is -2.05. The van der Waals surface area contributed by atoms with E-state index >= 15 is 0 Å². The molecule has 0 aliphatic carbocycles. The van der Waals surface area contributed by atoms with Crippen molar-refractivity contribution < 1.29 is 4.79 Å². The molecule has 1 aromatic rings. The number of hydrogen-bond acceptors (Lipinski definition) is 2. The summed E-state index contributed by atoms with van der Waals surface area (Å²) in [6.07, 6.45) is 4.48. The smallest absolute Gasteiger partial charge is 0.220 e. The lowest BCUT2D eigenvalue weighted by Crippen LogP contribution is -2.16. The van der Waals surface area contributed by atoms with Gasteiger partial charge < -0.3 is 5.32 Å². The first kappa shape index (κ1) is 8.29. The molecule has 0 radical (unpaired) electrons. The van der Waals surface area contributed by atoms with Crippen LogP contribution in [0.3, 0.4) is 0 Å². The summed E-state index contributed by atoms with van der Waals surface area (Å²) in [5.74, 6) is 0.570. The van der Waals surface area contributed by atoms with Crippen LogP contribution in [-0.4, -0.2) is 22.2 Å². The molecule has 1 atom stereocenters. The summed E-state index contributed by atoms with van der Waals surface area (Å²) in [5.41, 5.74) is 1.16. The van der Waals surface area contributed by atoms with Gasteiger partial charge in [0.05, 0.1) is 6.20 Å². The average Bonchev–Trinajstić information content (AvgIpc) is 2.62. The zero-order valence-electron chi connectivity index (χ0n) is 7.66. The van der Waals surface area contributed by atoms with Gasteiger partial charge in [-0.1, -0.05) is 0 Å². The van der Waals surface area contributed by atoms with Crippen LogP contribution in [-0.2, 0) is 11.3 Å². The minimum absolute atomic E-state index is 0.161. The van der Waals surface area contributed by atoms with E-state index in [9.17, 15) is 4.79 Å². The number of aromatic nitrogens is 2. The Morgan fingerprint density at radius 1 is 1.77 bits per heavy atom. The van der Waals surface area contributed by atoms with Crippen molar-refractivity contribution in [3.8, 4) is 0 Å². The molecule has 13 heavy (non-hydrogen) atoms.